The van der Waals surface area contributed by atoms with Crippen molar-refractivity contribution < 1.29 is 9.13 Å². The van der Waals surface area contributed by atoms with E-state index in [1.54, 1.807) is 24.3 Å². The first-order valence-electron chi connectivity index (χ1n) is 11.1. The molecule has 1 aromatic heterocycles. The van der Waals surface area contributed by atoms with Gasteiger partial charge >= 0.3 is 0 Å². The van der Waals surface area contributed by atoms with Crippen LogP contribution in [0, 0.1) is 17.7 Å². The third-order valence-electron chi connectivity index (χ3n) is 5.56. The molecule has 0 spiro atoms. The van der Waals surface area contributed by atoms with Crippen LogP contribution in [0.4, 0.5) is 15.9 Å². The van der Waals surface area contributed by atoms with Crippen LogP contribution in [0.25, 0.3) is 10.9 Å². The Morgan fingerprint density at radius 1 is 1.12 bits per heavy atom. The van der Waals surface area contributed by atoms with Gasteiger partial charge in [0.2, 0.25) is 0 Å². The summed E-state index contributed by atoms with van der Waals surface area (Å²) >= 11 is 6.44. The van der Waals surface area contributed by atoms with Crippen LogP contribution >= 0.6 is 11.6 Å². The molecule has 4 aromatic rings. The lowest BCUT2D eigenvalue weighted by molar-refractivity contribution is 0.306. The summed E-state index contributed by atoms with van der Waals surface area (Å²) in [7, 11) is 0. The Morgan fingerprint density at radius 3 is 2.88 bits per heavy atom. The number of aromatic nitrogens is 2. The average Bonchev–Trinajstić information content (AvgIpc) is 3.36. The van der Waals surface area contributed by atoms with Crippen molar-refractivity contribution in [2.45, 2.75) is 25.5 Å². The molecule has 0 unspecified atom stereocenters. The van der Waals surface area contributed by atoms with E-state index in [1.165, 1.54) is 18.5 Å². The molecule has 0 amide bonds. The van der Waals surface area contributed by atoms with Crippen LogP contribution in [0.5, 0.6) is 5.75 Å². The smallest absolute Gasteiger partial charge is 0.141 e. The highest BCUT2D eigenvalue weighted by Crippen LogP contribution is 2.31. The number of ether oxygens (including phenoxy) is 1. The number of halogens is 2. The molecule has 5 nitrogen and oxygen atoms in total. The van der Waals surface area contributed by atoms with E-state index in [4.69, 9.17) is 16.3 Å². The van der Waals surface area contributed by atoms with Gasteiger partial charge in [-0.1, -0.05) is 35.6 Å². The van der Waals surface area contributed by atoms with Crippen molar-refractivity contribution in [1.82, 2.24) is 15.3 Å². The van der Waals surface area contributed by atoms with E-state index in [1.807, 2.05) is 24.3 Å². The van der Waals surface area contributed by atoms with E-state index in [2.05, 4.69) is 32.4 Å². The summed E-state index contributed by atoms with van der Waals surface area (Å²) in [4.78, 5) is 8.79. The van der Waals surface area contributed by atoms with Crippen LogP contribution < -0.4 is 15.4 Å². The molecule has 0 aliphatic carbocycles. The van der Waals surface area contributed by atoms with Crippen LogP contribution in [0.1, 0.15) is 24.0 Å². The van der Waals surface area contributed by atoms with Crippen molar-refractivity contribution in [2.24, 2.45) is 0 Å². The lowest BCUT2D eigenvalue weighted by Gasteiger charge is -2.12. The molecule has 3 aromatic carbocycles. The van der Waals surface area contributed by atoms with Crippen molar-refractivity contribution in [3.8, 4) is 17.6 Å². The van der Waals surface area contributed by atoms with Crippen molar-refractivity contribution in [2.75, 3.05) is 11.9 Å². The molecule has 34 heavy (non-hydrogen) atoms. The topological polar surface area (TPSA) is 59.1 Å². The lowest BCUT2D eigenvalue weighted by Crippen LogP contribution is -2.18. The molecule has 0 saturated carbocycles. The minimum absolute atomic E-state index is 0.223. The van der Waals surface area contributed by atoms with E-state index in [0.29, 0.717) is 16.6 Å². The fourth-order valence-corrected chi connectivity index (χ4v) is 4.07. The Hall–Kier alpha value is -3.66. The number of rotatable bonds is 5. The van der Waals surface area contributed by atoms with Gasteiger partial charge in [-0.3, -0.25) is 0 Å². The van der Waals surface area contributed by atoms with E-state index in [9.17, 15) is 4.39 Å². The second kappa shape index (κ2) is 10.1. The minimum Gasteiger partial charge on any atom is -0.487 e. The molecule has 1 atom stereocenters. The predicted octanol–water partition coefficient (Wildman–Crippen LogP) is 5.85. The van der Waals surface area contributed by atoms with Crippen molar-refractivity contribution in [1.29, 1.82) is 0 Å². The summed E-state index contributed by atoms with van der Waals surface area (Å²) in [5, 5.41) is 8.02. The summed E-state index contributed by atoms with van der Waals surface area (Å²) in [6.45, 7) is 1.25. The lowest BCUT2D eigenvalue weighted by atomic mass is 10.1. The maximum Gasteiger partial charge on any atom is 0.141 e. The monoisotopic (exact) mass is 472 g/mol. The Balaban J connectivity index is 1.33. The zero-order valence-electron chi connectivity index (χ0n) is 18.3. The van der Waals surface area contributed by atoms with E-state index < -0.39 is 0 Å². The van der Waals surface area contributed by atoms with Crippen molar-refractivity contribution in [3.63, 3.8) is 0 Å². The standard InChI is InChI=1S/C27H22ClFN4O/c28-24-15-22(9-11-26(24)34-16-19-3-1-4-20(29)13-19)33-27-23-14-18(6-8-21-5-2-12-30-21)7-10-25(23)31-17-32-27/h1,3-4,7,9-11,13-15,17,21,30H,2,5,12,16H2,(H,31,32,33)/t21-/m1/s1. The van der Waals surface area contributed by atoms with Gasteiger partial charge in [0.05, 0.1) is 16.6 Å². The zero-order valence-corrected chi connectivity index (χ0v) is 19.1. The molecular formula is C27H22ClFN4O. The van der Waals surface area contributed by atoms with E-state index >= 15 is 0 Å². The first kappa shape index (κ1) is 22.1. The van der Waals surface area contributed by atoms with Crippen LogP contribution in [-0.4, -0.2) is 22.6 Å². The predicted molar refractivity (Wildman–Crippen MR) is 133 cm³/mol. The first-order valence-corrected chi connectivity index (χ1v) is 11.5. The summed E-state index contributed by atoms with van der Waals surface area (Å²) in [6, 6.07) is 17.9. The molecule has 170 valence electrons. The fraction of sp³-hybridized carbons (Fsp3) is 0.185. The van der Waals surface area contributed by atoms with Crippen LogP contribution in [0.2, 0.25) is 5.02 Å². The number of fused-ring (bicyclic) bond motifs is 1. The summed E-state index contributed by atoms with van der Waals surface area (Å²) < 4.78 is 19.1. The highest BCUT2D eigenvalue weighted by molar-refractivity contribution is 6.32. The summed E-state index contributed by atoms with van der Waals surface area (Å²) in [5.41, 5.74) is 3.23. The SMILES string of the molecule is Fc1cccc(COc2ccc(Nc3ncnc4ccc(C#C[C@H]5CCCN5)cc34)cc2Cl)c1. The summed E-state index contributed by atoms with van der Waals surface area (Å²) in [6.07, 6.45) is 3.77. The molecule has 2 N–H and O–H groups in total. The first-order chi connectivity index (χ1) is 16.6. The molecule has 0 radical (unpaired) electrons. The van der Waals surface area contributed by atoms with Gasteiger partial charge in [-0.15, -0.1) is 0 Å². The number of hydrogen-bond donors (Lipinski definition) is 2. The number of anilines is 2. The normalized spacial score (nSPS) is 15.1. The molecule has 5 rings (SSSR count). The molecule has 0 bridgehead atoms. The third-order valence-corrected chi connectivity index (χ3v) is 5.86. The molecule has 1 saturated heterocycles. The van der Waals surface area contributed by atoms with Gasteiger partial charge in [0, 0.05) is 16.6 Å². The average molecular weight is 473 g/mol. The number of benzene rings is 3. The van der Waals surface area contributed by atoms with Gasteiger partial charge in [0.1, 0.15) is 30.3 Å². The van der Waals surface area contributed by atoms with Crippen molar-refractivity contribution in [3.05, 3.63) is 89.0 Å². The number of nitrogens with zero attached hydrogens (tertiary/aromatic N) is 2. The summed E-state index contributed by atoms with van der Waals surface area (Å²) in [5.74, 6) is 7.44. The van der Waals surface area contributed by atoms with Gasteiger partial charge in [-0.2, -0.15) is 0 Å². The molecule has 1 aliphatic heterocycles. The van der Waals surface area contributed by atoms with Gasteiger partial charge in [0.25, 0.3) is 0 Å². The maximum atomic E-state index is 13.4. The zero-order chi connectivity index (χ0) is 23.3. The second-order valence-corrected chi connectivity index (χ2v) is 8.47. The molecule has 7 heteroatoms. The van der Waals surface area contributed by atoms with Gasteiger partial charge < -0.3 is 15.4 Å². The van der Waals surface area contributed by atoms with Crippen LogP contribution in [-0.2, 0) is 6.61 Å². The fourth-order valence-electron chi connectivity index (χ4n) is 3.83. The highest BCUT2D eigenvalue weighted by Gasteiger charge is 2.11. The molecule has 1 aliphatic rings. The minimum atomic E-state index is -0.298. The molecule has 1 fully saturated rings. The number of hydrogen-bond acceptors (Lipinski definition) is 5. The second-order valence-electron chi connectivity index (χ2n) is 8.06. The van der Waals surface area contributed by atoms with Crippen LogP contribution in [0.3, 0.4) is 0 Å². The molecule has 2 heterocycles. The quantitative estimate of drug-likeness (QED) is 0.357. The largest absolute Gasteiger partial charge is 0.487 e. The Morgan fingerprint density at radius 2 is 2.06 bits per heavy atom. The third kappa shape index (κ3) is 5.28. The van der Waals surface area contributed by atoms with E-state index in [0.717, 1.165) is 47.1 Å². The Labute approximate surface area is 202 Å². The van der Waals surface area contributed by atoms with Crippen LogP contribution in [0.15, 0.2) is 67.0 Å². The van der Waals surface area contributed by atoms with E-state index in [-0.39, 0.29) is 18.5 Å². The van der Waals surface area contributed by atoms with Crippen molar-refractivity contribution >= 4 is 34.0 Å². The van der Waals surface area contributed by atoms with Gasteiger partial charge in [-0.25, -0.2) is 14.4 Å². The highest BCUT2D eigenvalue weighted by atomic mass is 35.5. The maximum absolute atomic E-state index is 13.4. The van der Waals surface area contributed by atoms with Gasteiger partial charge in [-0.05, 0) is 73.5 Å². The number of nitrogens with one attached hydrogen (secondary N) is 2. The molecular weight excluding hydrogens is 451 g/mol. The Kier molecular flexibility index (Phi) is 6.57. The Bertz CT molecular complexity index is 1390. The van der Waals surface area contributed by atoms with Gasteiger partial charge in [0.15, 0.2) is 0 Å².